The maximum Gasteiger partial charge on any atom is 0.130 e. The Labute approximate surface area is 108 Å². The van der Waals surface area contributed by atoms with E-state index in [2.05, 4.69) is 26.8 Å². The number of benzene rings is 1. The van der Waals surface area contributed by atoms with Gasteiger partial charge < -0.3 is 4.74 Å². The van der Waals surface area contributed by atoms with Gasteiger partial charge in [0.1, 0.15) is 11.6 Å². The summed E-state index contributed by atoms with van der Waals surface area (Å²) in [5.41, 5.74) is 2.74. The molecule has 0 aromatic heterocycles. The van der Waals surface area contributed by atoms with Crippen LogP contribution in [0.2, 0.25) is 0 Å². The lowest BCUT2D eigenvalue weighted by Gasteiger charge is -2.24. The first-order valence-corrected chi connectivity index (χ1v) is 6.17. The van der Waals surface area contributed by atoms with Gasteiger partial charge in [0.05, 0.1) is 7.11 Å². The molecule has 0 aliphatic heterocycles. The number of halogens is 1. The van der Waals surface area contributed by atoms with Crippen LogP contribution in [0.5, 0.6) is 5.75 Å². The van der Waals surface area contributed by atoms with Crippen LogP contribution >= 0.6 is 0 Å². The van der Waals surface area contributed by atoms with Crippen molar-refractivity contribution >= 4 is 5.57 Å². The summed E-state index contributed by atoms with van der Waals surface area (Å²) < 4.78 is 19.4. The molecule has 0 amide bonds. The second-order valence-corrected chi connectivity index (χ2v) is 5.61. The van der Waals surface area contributed by atoms with Crippen LogP contribution in [0.1, 0.15) is 38.3 Å². The van der Waals surface area contributed by atoms with Gasteiger partial charge in [0, 0.05) is 11.1 Å². The zero-order valence-electron chi connectivity index (χ0n) is 11.4. The molecule has 0 saturated carbocycles. The highest BCUT2D eigenvalue weighted by Gasteiger charge is 2.23. The second-order valence-electron chi connectivity index (χ2n) is 5.61. The van der Waals surface area contributed by atoms with Crippen LogP contribution in [0.4, 0.5) is 4.39 Å². The molecular formula is C16H19FO. The Hall–Kier alpha value is -1.57. The fourth-order valence-electron chi connectivity index (χ4n) is 2.26. The predicted octanol–water partition coefficient (Wildman–Crippen LogP) is 4.48. The average Bonchev–Trinajstić information content (AvgIpc) is 2.80. The van der Waals surface area contributed by atoms with Crippen LogP contribution in [0.25, 0.3) is 5.57 Å². The van der Waals surface area contributed by atoms with E-state index in [1.807, 2.05) is 12.2 Å². The van der Waals surface area contributed by atoms with Gasteiger partial charge in [0.2, 0.25) is 0 Å². The van der Waals surface area contributed by atoms with Gasteiger partial charge in [-0.3, -0.25) is 0 Å². The SMILES string of the molecule is COc1c(C2=CC=CC2)cc(F)cc1C(C)(C)C. The number of ether oxygens (including phenoxy) is 1. The zero-order chi connectivity index (χ0) is 13.3. The van der Waals surface area contributed by atoms with Crippen LogP contribution in [0, 0.1) is 5.82 Å². The largest absolute Gasteiger partial charge is 0.496 e. The Morgan fingerprint density at radius 3 is 2.44 bits per heavy atom. The summed E-state index contributed by atoms with van der Waals surface area (Å²) in [6.45, 7) is 6.19. The van der Waals surface area contributed by atoms with Crippen molar-refractivity contribution in [2.75, 3.05) is 7.11 Å². The molecule has 0 heterocycles. The van der Waals surface area contributed by atoms with Gasteiger partial charge in [0.15, 0.2) is 0 Å². The third-order valence-electron chi connectivity index (χ3n) is 3.18. The maximum atomic E-state index is 13.8. The van der Waals surface area contributed by atoms with Crippen molar-refractivity contribution in [2.45, 2.75) is 32.6 Å². The first kappa shape index (κ1) is 12.9. The third kappa shape index (κ3) is 2.33. The number of rotatable bonds is 2. The maximum absolute atomic E-state index is 13.8. The van der Waals surface area contributed by atoms with Crippen molar-refractivity contribution in [2.24, 2.45) is 0 Å². The zero-order valence-corrected chi connectivity index (χ0v) is 11.4. The minimum atomic E-state index is -0.205. The molecule has 0 N–H and O–H groups in total. The minimum Gasteiger partial charge on any atom is -0.496 e. The molecule has 0 spiro atoms. The minimum absolute atomic E-state index is 0.144. The van der Waals surface area contributed by atoms with E-state index in [1.54, 1.807) is 19.2 Å². The smallest absolute Gasteiger partial charge is 0.130 e. The quantitative estimate of drug-likeness (QED) is 0.747. The Morgan fingerprint density at radius 2 is 1.94 bits per heavy atom. The molecule has 1 aromatic carbocycles. The summed E-state index contributed by atoms with van der Waals surface area (Å²) in [7, 11) is 1.65. The van der Waals surface area contributed by atoms with Crippen molar-refractivity contribution < 1.29 is 9.13 Å². The van der Waals surface area contributed by atoms with Crippen LogP contribution in [0.3, 0.4) is 0 Å². The molecule has 1 aromatic rings. The van der Waals surface area contributed by atoms with E-state index in [-0.39, 0.29) is 11.2 Å². The third-order valence-corrected chi connectivity index (χ3v) is 3.18. The molecule has 0 fully saturated rings. The molecule has 1 aliphatic carbocycles. The highest BCUT2D eigenvalue weighted by molar-refractivity contribution is 5.76. The molecule has 1 nitrogen and oxygen atoms in total. The molecule has 0 bridgehead atoms. The summed E-state index contributed by atoms with van der Waals surface area (Å²) in [4.78, 5) is 0. The lowest BCUT2D eigenvalue weighted by molar-refractivity contribution is 0.394. The van der Waals surface area contributed by atoms with Gasteiger partial charge in [-0.1, -0.05) is 39.0 Å². The lowest BCUT2D eigenvalue weighted by atomic mass is 9.84. The standard InChI is InChI=1S/C16H19FO/c1-16(2,3)14-10-12(17)9-13(15(14)18-4)11-7-5-6-8-11/h5-7,9-10H,8H2,1-4H3. The summed E-state index contributed by atoms with van der Waals surface area (Å²) in [5, 5.41) is 0. The number of allylic oxidation sites excluding steroid dienone is 4. The molecule has 1 aliphatic rings. The van der Waals surface area contributed by atoms with Gasteiger partial charge in [0.25, 0.3) is 0 Å². The molecule has 2 heteroatoms. The van der Waals surface area contributed by atoms with E-state index < -0.39 is 0 Å². The summed E-state index contributed by atoms with van der Waals surface area (Å²) in [6, 6.07) is 3.14. The van der Waals surface area contributed by atoms with E-state index in [0.717, 1.165) is 28.9 Å². The monoisotopic (exact) mass is 246 g/mol. The average molecular weight is 246 g/mol. The summed E-state index contributed by atoms with van der Waals surface area (Å²) in [5.74, 6) is 0.586. The fraction of sp³-hybridized carbons (Fsp3) is 0.375. The summed E-state index contributed by atoms with van der Waals surface area (Å²) in [6.07, 6.45) is 6.92. The van der Waals surface area contributed by atoms with E-state index in [9.17, 15) is 4.39 Å². The molecule has 18 heavy (non-hydrogen) atoms. The van der Waals surface area contributed by atoms with Crippen LogP contribution in [-0.4, -0.2) is 7.11 Å². The predicted molar refractivity (Wildman–Crippen MR) is 73.4 cm³/mol. The van der Waals surface area contributed by atoms with Gasteiger partial charge in [-0.2, -0.15) is 0 Å². The topological polar surface area (TPSA) is 9.23 Å². The Morgan fingerprint density at radius 1 is 1.22 bits per heavy atom. The second kappa shape index (κ2) is 4.60. The van der Waals surface area contributed by atoms with Crippen molar-refractivity contribution in [3.63, 3.8) is 0 Å². The molecule has 0 saturated heterocycles. The van der Waals surface area contributed by atoms with Crippen molar-refractivity contribution in [1.82, 2.24) is 0 Å². The number of methoxy groups -OCH3 is 1. The first-order valence-electron chi connectivity index (χ1n) is 6.17. The Bertz CT molecular complexity index is 519. The van der Waals surface area contributed by atoms with Crippen molar-refractivity contribution in [1.29, 1.82) is 0 Å². The summed E-state index contributed by atoms with van der Waals surface area (Å²) >= 11 is 0. The highest BCUT2D eigenvalue weighted by atomic mass is 19.1. The lowest BCUT2D eigenvalue weighted by Crippen LogP contribution is -2.14. The Balaban J connectivity index is 2.62. The first-order chi connectivity index (χ1) is 8.43. The van der Waals surface area contributed by atoms with E-state index >= 15 is 0 Å². The van der Waals surface area contributed by atoms with Crippen LogP contribution in [0.15, 0.2) is 30.4 Å². The highest BCUT2D eigenvalue weighted by Crippen LogP contribution is 2.39. The van der Waals surface area contributed by atoms with E-state index in [4.69, 9.17) is 4.74 Å². The molecular weight excluding hydrogens is 227 g/mol. The van der Waals surface area contributed by atoms with Gasteiger partial charge in [-0.25, -0.2) is 4.39 Å². The van der Waals surface area contributed by atoms with E-state index in [0.29, 0.717) is 0 Å². The molecule has 96 valence electrons. The number of hydrogen-bond donors (Lipinski definition) is 0. The van der Waals surface area contributed by atoms with Crippen molar-refractivity contribution in [3.05, 3.63) is 47.3 Å². The van der Waals surface area contributed by atoms with E-state index in [1.165, 1.54) is 0 Å². The number of hydrogen-bond acceptors (Lipinski definition) is 1. The van der Waals surface area contributed by atoms with Gasteiger partial charge >= 0.3 is 0 Å². The molecule has 0 radical (unpaired) electrons. The van der Waals surface area contributed by atoms with Crippen LogP contribution in [-0.2, 0) is 5.41 Å². The Kier molecular flexibility index (Phi) is 3.29. The molecule has 0 atom stereocenters. The fourth-order valence-corrected chi connectivity index (χ4v) is 2.26. The normalized spacial score (nSPS) is 14.8. The molecule has 2 rings (SSSR count). The molecule has 0 unspecified atom stereocenters. The van der Waals surface area contributed by atoms with Gasteiger partial charge in [-0.05, 0) is 29.5 Å². The van der Waals surface area contributed by atoms with Gasteiger partial charge in [-0.15, -0.1) is 0 Å². The van der Waals surface area contributed by atoms with Crippen LogP contribution < -0.4 is 4.74 Å². The van der Waals surface area contributed by atoms with Crippen molar-refractivity contribution in [3.8, 4) is 5.75 Å².